The summed E-state index contributed by atoms with van der Waals surface area (Å²) in [6, 6.07) is 0.336. The maximum absolute atomic E-state index is 12.9. The Morgan fingerprint density at radius 2 is 1.93 bits per heavy atom. The van der Waals surface area contributed by atoms with E-state index >= 15 is 0 Å². The molecule has 2 fully saturated rings. The number of carbonyl (C=O) groups excluding carboxylic acids is 2. The predicted octanol–water partition coefficient (Wildman–Crippen LogP) is 3.49. The lowest BCUT2D eigenvalue weighted by Crippen LogP contribution is -2.54. The highest BCUT2D eigenvalue weighted by atomic mass is 32.2. The summed E-state index contributed by atoms with van der Waals surface area (Å²) in [6.45, 7) is 6.81. The number of anilines is 1. The topological polar surface area (TPSA) is 90.4 Å². The van der Waals surface area contributed by atoms with E-state index in [1.165, 1.54) is 24.6 Å². The summed E-state index contributed by atoms with van der Waals surface area (Å²) in [4.78, 5) is 34.7. The number of rotatable bonds is 7. The van der Waals surface area contributed by atoms with Gasteiger partial charge in [-0.1, -0.05) is 30.7 Å². The van der Waals surface area contributed by atoms with Gasteiger partial charge in [0.25, 0.3) is 5.79 Å². The highest BCUT2D eigenvalue weighted by Crippen LogP contribution is 2.40. The van der Waals surface area contributed by atoms with Gasteiger partial charge in [0.15, 0.2) is 10.6 Å². The molecule has 0 bridgehead atoms. The molecule has 7 nitrogen and oxygen atoms in total. The van der Waals surface area contributed by atoms with E-state index in [2.05, 4.69) is 21.9 Å². The number of hydrogen-bond acceptors (Lipinski definition) is 8. The Bertz CT molecular complexity index is 755. The molecule has 1 aromatic rings. The van der Waals surface area contributed by atoms with Gasteiger partial charge in [-0.2, -0.15) is 0 Å². The van der Waals surface area contributed by atoms with E-state index in [0.717, 1.165) is 12.8 Å². The average molecular weight is 406 g/mol. The van der Waals surface area contributed by atoms with Crippen LogP contribution in [0.2, 0.25) is 0 Å². The molecule has 1 saturated heterocycles. The van der Waals surface area contributed by atoms with Gasteiger partial charge in [0, 0.05) is 38.1 Å². The van der Waals surface area contributed by atoms with E-state index in [1.807, 2.05) is 6.26 Å². The van der Waals surface area contributed by atoms with Gasteiger partial charge in [-0.3, -0.25) is 9.59 Å². The second-order valence-corrected chi connectivity index (χ2v) is 8.56. The molecule has 3 rings (SSSR count). The van der Waals surface area contributed by atoms with Crippen molar-refractivity contribution in [2.75, 3.05) is 11.6 Å². The third kappa shape index (κ3) is 4.16. The Morgan fingerprint density at radius 3 is 2.50 bits per heavy atom. The third-order valence-corrected chi connectivity index (χ3v) is 5.73. The van der Waals surface area contributed by atoms with Crippen LogP contribution < -0.4 is 5.32 Å². The Morgan fingerprint density at radius 1 is 1.29 bits per heavy atom. The van der Waals surface area contributed by atoms with E-state index in [0.29, 0.717) is 22.6 Å². The van der Waals surface area contributed by atoms with Crippen LogP contribution in [0.15, 0.2) is 24.0 Å². The number of hydrogen-bond donors (Lipinski definition) is 1. The second kappa shape index (κ2) is 8.11. The number of nitrogens with one attached hydrogen (secondary N) is 1. The molecule has 0 spiro atoms. The minimum Gasteiger partial charge on any atom is -0.422 e. The molecular formula is C20H27N3O4S. The number of aromatic nitrogens is 2. The fourth-order valence-electron chi connectivity index (χ4n) is 3.71. The Hall–Kier alpha value is -2.09. The molecule has 8 heteroatoms. The van der Waals surface area contributed by atoms with E-state index in [9.17, 15) is 9.59 Å². The first-order chi connectivity index (χ1) is 13.3. The van der Waals surface area contributed by atoms with Gasteiger partial charge in [-0.05, 0) is 25.5 Å². The maximum Gasteiger partial charge on any atom is 0.327 e. The molecule has 152 valence electrons. The first kappa shape index (κ1) is 20.6. The van der Waals surface area contributed by atoms with Crippen molar-refractivity contribution in [2.45, 2.75) is 69.4 Å². The fourth-order valence-corrected chi connectivity index (χ4v) is 4.05. The summed E-state index contributed by atoms with van der Waals surface area (Å²) in [7, 11) is 0. The Labute approximate surface area is 169 Å². The first-order valence-electron chi connectivity index (χ1n) is 9.54. The monoisotopic (exact) mass is 405 g/mol. The maximum atomic E-state index is 12.9. The van der Waals surface area contributed by atoms with Crippen molar-refractivity contribution < 1.29 is 19.1 Å². The first-order valence-corrected chi connectivity index (χ1v) is 10.8. The van der Waals surface area contributed by atoms with Crippen LogP contribution in [0.4, 0.5) is 5.82 Å². The van der Waals surface area contributed by atoms with Crippen LogP contribution >= 0.6 is 11.8 Å². The fraction of sp³-hybridized carbons (Fsp3) is 0.600. The van der Waals surface area contributed by atoms with Crippen molar-refractivity contribution in [3.63, 3.8) is 0 Å². The number of allylic oxidation sites excluding steroid dienone is 1. The normalized spacial score (nSPS) is 21.1. The van der Waals surface area contributed by atoms with Gasteiger partial charge in [0.1, 0.15) is 5.82 Å². The lowest BCUT2D eigenvalue weighted by molar-refractivity contribution is -0.250. The van der Waals surface area contributed by atoms with E-state index in [-0.39, 0.29) is 12.8 Å². The SMILES string of the molecule is C=CCC1(Cc2cnc(SC)nc2NC2CCCC2)C(=O)OC(C)(C)OC1=O. The summed E-state index contributed by atoms with van der Waals surface area (Å²) in [5.41, 5.74) is -0.784. The number of nitrogens with zero attached hydrogens (tertiary/aromatic N) is 2. The molecule has 0 aromatic carbocycles. The zero-order valence-corrected chi connectivity index (χ0v) is 17.4. The van der Waals surface area contributed by atoms with Crippen LogP contribution in [0, 0.1) is 5.41 Å². The molecule has 0 radical (unpaired) electrons. The van der Waals surface area contributed by atoms with Crippen LogP contribution in [0.25, 0.3) is 0 Å². The van der Waals surface area contributed by atoms with Gasteiger partial charge in [-0.15, -0.1) is 6.58 Å². The molecule has 1 aliphatic heterocycles. The quantitative estimate of drug-likeness (QED) is 0.242. The van der Waals surface area contributed by atoms with E-state index in [1.54, 1.807) is 26.1 Å². The summed E-state index contributed by atoms with van der Waals surface area (Å²) in [6.07, 6.45) is 9.87. The molecule has 28 heavy (non-hydrogen) atoms. The summed E-state index contributed by atoms with van der Waals surface area (Å²) < 4.78 is 10.8. The van der Waals surface area contributed by atoms with Crippen molar-refractivity contribution in [3.05, 3.63) is 24.4 Å². The van der Waals surface area contributed by atoms with Gasteiger partial charge in [0.05, 0.1) is 0 Å². The van der Waals surface area contributed by atoms with E-state index in [4.69, 9.17) is 9.47 Å². The highest BCUT2D eigenvalue weighted by molar-refractivity contribution is 7.98. The minimum atomic E-state index is -1.48. The van der Waals surface area contributed by atoms with Gasteiger partial charge in [-0.25, -0.2) is 9.97 Å². The molecule has 1 aromatic heterocycles. The third-order valence-electron chi connectivity index (χ3n) is 5.16. The smallest absolute Gasteiger partial charge is 0.327 e. The number of cyclic esters (lactones) is 2. The lowest BCUT2D eigenvalue weighted by atomic mass is 9.78. The predicted molar refractivity (Wildman–Crippen MR) is 107 cm³/mol. The molecule has 1 aliphatic carbocycles. The highest BCUT2D eigenvalue weighted by Gasteiger charge is 2.55. The summed E-state index contributed by atoms with van der Waals surface area (Å²) in [5.74, 6) is -1.81. The molecule has 0 amide bonds. The molecule has 2 aliphatic rings. The lowest BCUT2D eigenvalue weighted by Gasteiger charge is -2.40. The van der Waals surface area contributed by atoms with Gasteiger partial charge < -0.3 is 14.8 Å². The number of ether oxygens (including phenoxy) is 2. The average Bonchev–Trinajstić information content (AvgIpc) is 3.13. The van der Waals surface area contributed by atoms with Gasteiger partial charge >= 0.3 is 11.9 Å². The van der Waals surface area contributed by atoms with Crippen molar-refractivity contribution in [1.29, 1.82) is 0 Å². The number of thioether (sulfide) groups is 1. The van der Waals surface area contributed by atoms with Crippen LogP contribution in [0.3, 0.4) is 0 Å². The summed E-state index contributed by atoms with van der Waals surface area (Å²) in [5, 5.41) is 4.12. The molecular weight excluding hydrogens is 378 g/mol. The zero-order valence-electron chi connectivity index (χ0n) is 16.6. The van der Waals surface area contributed by atoms with Crippen molar-refractivity contribution in [2.24, 2.45) is 5.41 Å². The number of esters is 2. The molecule has 0 atom stereocenters. The Balaban J connectivity index is 1.95. The Kier molecular flexibility index (Phi) is 5.98. The van der Waals surface area contributed by atoms with Crippen LogP contribution in [-0.2, 0) is 25.5 Å². The van der Waals surface area contributed by atoms with Crippen LogP contribution in [0.5, 0.6) is 0 Å². The second-order valence-electron chi connectivity index (χ2n) is 7.79. The standard InChI is InChI=1S/C20H27N3O4S/c1-5-10-20(16(24)26-19(2,3)27-17(20)25)11-13-12-21-18(28-4)23-15(13)22-14-8-6-7-9-14/h5,12,14H,1,6-11H2,2-4H3,(H,21,22,23). The van der Waals surface area contributed by atoms with Crippen molar-refractivity contribution in [1.82, 2.24) is 9.97 Å². The minimum absolute atomic E-state index is 0.0937. The van der Waals surface area contributed by atoms with Crippen molar-refractivity contribution >= 4 is 29.5 Å². The number of carbonyl (C=O) groups is 2. The van der Waals surface area contributed by atoms with E-state index < -0.39 is 23.1 Å². The zero-order chi connectivity index (χ0) is 20.4. The van der Waals surface area contributed by atoms with Crippen LogP contribution in [-0.4, -0.2) is 40.0 Å². The van der Waals surface area contributed by atoms with Gasteiger partial charge in [0.2, 0.25) is 0 Å². The largest absolute Gasteiger partial charge is 0.422 e. The molecule has 2 heterocycles. The summed E-state index contributed by atoms with van der Waals surface area (Å²) >= 11 is 1.44. The molecule has 1 saturated carbocycles. The van der Waals surface area contributed by atoms with Crippen LogP contribution in [0.1, 0.15) is 51.5 Å². The molecule has 1 N–H and O–H groups in total. The molecule has 0 unspecified atom stereocenters. The van der Waals surface area contributed by atoms with Crippen molar-refractivity contribution in [3.8, 4) is 0 Å².